The molecular formula is C17H18N2. The SMILES string of the molecule is CN(c1ccccc1)C(C#N)CCc1ccccc1. The maximum absolute atomic E-state index is 9.34. The summed E-state index contributed by atoms with van der Waals surface area (Å²) in [4.78, 5) is 2.04. The quantitative estimate of drug-likeness (QED) is 0.810. The number of hydrogen-bond acceptors (Lipinski definition) is 2. The topological polar surface area (TPSA) is 27.0 Å². The van der Waals surface area contributed by atoms with E-state index in [4.69, 9.17) is 0 Å². The highest BCUT2D eigenvalue weighted by molar-refractivity contribution is 5.47. The molecule has 0 aromatic heterocycles. The number of para-hydroxylation sites is 1. The van der Waals surface area contributed by atoms with E-state index in [0.717, 1.165) is 18.5 Å². The average Bonchev–Trinajstić information content (AvgIpc) is 2.49. The van der Waals surface area contributed by atoms with Crippen molar-refractivity contribution in [1.82, 2.24) is 0 Å². The summed E-state index contributed by atoms with van der Waals surface area (Å²) in [5, 5.41) is 9.34. The highest BCUT2D eigenvalue weighted by Gasteiger charge is 2.14. The van der Waals surface area contributed by atoms with E-state index >= 15 is 0 Å². The zero-order valence-corrected chi connectivity index (χ0v) is 11.2. The Morgan fingerprint density at radius 1 is 1.00 bits per heavy atom. The van der Waals surface area contributed by atoms with Gasteiger partial charge >= 0.3 is 0 Å². The molecule has 2 rings (SSSR count). The minimum atomic E-state index is -0.0948. The molecule has 0 radical (unpaired) electrons. The number of hydrogen-bond donors (Lipinski definition) is 0. The Kier molecular flexibility index (Phi) is 4.58. The lowest BCUT2D eigenvalue weighted by atomic mass is 10.0. The Hall–Kier alpha value is -2.27. The molecule has 2 aromatic rings. The maximum Gasteiger partial charge on any atom is 0.116 e. The lowest BCUT2D eigenvalue weighted by Crippen LogP contribution is -2.30. The Bertz CT molecular complexity index is 528. The molecule has 0 amide bonds. The lowest BCUT2D eigenvalue weighted by molar-refractivity contribution is 0.687. The number of benzene rings is 2. The molecular weight excluding hydrogens is 232 g/mol. The summed E-state index contributed by atoms with van der Waals surface area (Å²) in [5.41, 5.74) is 2.37. The van der Waals surface area contributed by atoms with Crippen LogP contribution in [0.2, 0.25) is 0 Å². The fourth-order valence-electron chi connectivity index (χ4n) is 2.14. The summed E-state index contributed by atoms with van der Waals surface area (Å²) in [7, 11) is 1.98. The largest absolute Gasteiger partial charge is 0.359 e. The minimum Gasteiger partial charge on any atom is -0.359 e. The van der Waals surface area contributed by atoms with Crippen molar-refractivity contribution in [2.75, 3.05) is 11.9 Å². The fraction of sp³-hybridized carbons (Fsp3) is 0.235. The smallest absolute Gasteiger partial charge is 0.116 e. The second kappa shape index (κ2) is 6.61. The Morgan fingerprint density at radius 3 is 2.16 bits per heavy atom. The number of nitrogens with zero attached hydrogens (tertiary/aromatic N) is 2. The van der Waals surface area contributed by atoms with Crippen molar-refractivity contribution in [3.05, 3.63) is 66.2 Å². The van der Waals surface area contributed by atoms with Crippen LogP contribution in [0.1, 0.15) is 12.0 Å². The number of rotatable bonds is 5. The van der Waals surface area contributed by atoms with Crippen molar-refractivity contribution in [3.63, 3.8) is 0 Å². The lowest BCUT2D eigenvalue weighted by Gasteiger charge is -2.24. The molecule has 96 valence electrons. The third kappa shape index (κ3) is 3.59. The number of nitriles is 1. The van der Waals surface area contributed by atoms with Gasteiger partial charge in [-0.1, -0.05) is 48.5 Å². The molecule has 1 unspecified atom stereocenters. The van der Waals surface area contributed by atoms with Gasteiger partial charge < -0.3 is 4.90 Å². The van der Waals surface area contributed by atoms with Crippen LogP contribution in [0.15, 0.2) is 60.7 Å². The highest BCUT2D eigenvalue weighted by Crippen LogP contribution is 2.17. The molecule has 2 aromatic carbocycles. The first-order chi connectivity index (χ1) is 9.31. The zero-order chi connectivity index (χ0) is 13.5. The molecule has 0 aliphatic heterocycles. The van der Waals surface area contributed by atoms with E-state index < -0.39 is 0 Å². The van der Waals surface area contributed by atoms with Gasteiger partial charge in [0, 0.05) is 12.7 Å². The van der Waals surface area contributed by atoms with Crippen LogP contribution in [0.4, 0.5) is 5.69 Å². The molecule has 0 saturated heterocycles. The van der Waals surface area contributed by atoms with E-state index in [2.05, 4.69) is 18.2 Å². The molecule has 1 atom stereocenters. The monoisotopic (exact) mass is 250 g/mol. The third-order valence-electron chi connectivity index (χ3n) is 3.33. The molecule has 0 aliphatic carbocycles. The van der Waals surface area contributed by atoms with Gasteiger partial charge in [0.05, 0.1) is 6.07 Å². The summed E-state index contributed by atoms with van der Waals surface area (Å²) in [6.45, 7) is 0. The molecule has 0 aliphatic rings. The van der Waals surface area contributed by atoms with Crippen LogP contribution < -0.4 is 4.90 Å². The van der Waals surface area contributed by atoms with Crippen LogP contribution in [0, 0.1) is 11.3 Å². The first-order valence-electron chi connectivity index (χ1n) is 6.52. The summed E-state index contributed by atoms with van der Waals surface area (Å²) in [5.74, 6) is 0. The first-order valence-corrected chi connectivity index (χ1v) is 6.52. The maximum atomic E-state index is 9.34. The molecule has 0 N–H and O–H groups in total. The van der Waals surface area contributed by atoms with Crippen molar-refractivity contribution in [3.8, 4) is 6.07 Å². The van der Waals surface area contributed by atoms with Gasteiger partial charge in [-0.2, -0.15) is 5.26 Å². The first kappa shape index (κ1) is 13.2. The summed E-state index contributed by atoms with van der Waals surface area (Å²) >= 11 is 0. The van der Waals surface area contributed by atoms with Crippen molar-refractivity contribution >= 4 is 5.69 Å². The Labute approximate surface area is 114 Å². The van der Waals surface area contributed by atoms with Gasteiger partial charge in [0.25, 0.3) is 0 Å². The van der Waals surface area contributed by atoms with Crippen LogP contribution in [-0.4, -0.2) is 13.1 Å². The van der Waals surface area contributed by atoms with Gasteiger partial charge in [0.2, 0.25) is 0 Å². The second-order valence-electron chi connectivity index (χ2n) is 4.62. The Morgan fingerprint density at radius 2 is 1.58 bits per heavy atom. The molecule has 0 fully saturated rings. The van der Waals surface area contributed by atoms with Crippen LogP contribution in [0.5, 0.6) is 0 Å². The molecule has 19 heavy (non-hydrogen) atoms. The van der Waals surface area contributed by atoms with E-state index in [1.54, 1.807) is 0 Å². The third-order valence-corrected chi connectivity index (χ3v) is 3.33. The molecule has 0 saturated carbocycles. The molecule has 0 bridgehead atoms. The minimum absolute atomic E-state index is 0.0948. The average molecular weight is 250 g/mol. The summed E-state index contributed by atoms with van der Waals surface area (Å²) in [6, 6.07) is 22.7. The van der Waals surface area contributed by atoms with E-state index in [-0.39, 0.29) is 6.04 Å². The van der Waals surface area contributed by atoms with Crippen LogP contribution in [0.25, 0.3) is 0 Å². The number of anilines is 1. The summed E-state index contributed by atoms with van der Waals surface area (Å²) in [6.07, 6.45) is 1.77. The molecule has 0 spiro atoms. The molecule has 2 heteroatoms. The second-order valence-corrected chi connectivity index (χ2v) is 4.62. The van der Waals surface area contributed by atoms with Crippen LogP contribution >= 0.6 is 0 Å². The van der Waals surface area contributed by atoms with Gasteiger partial charge in [-0.3, -0.25) is 0 Å². The number of aryl methyl sites for hydroxylation is 1. The van der Waals surface area contributed by atoms with Gasteiger partial charge in [-0.05, 0) is 30.5 Å². The van der Waals surface area contributed by atoms with Crippen LogP contribution in [-0.2, 0) is 6.42 Å². The summed E-state index contributed by atoms with van der Waals surface area (Å²) < 4.78 is 0. The predicted molar refractivity (Wildman–Crippen MR) is 79.0 cm³/mol. The van der Waals surface area contributed by atoms with E-state index in [1.807, 2.05) is 60.5 Å². The van der Waals surface area contributed by atoms with Gasteiger partial charge in [-0.15, -0.1) is 0 Å². The highest BCUT2D eigenvalue weighted by atomic mass is 15.1. The Balaban J connectivity index is 1.99. The fourth-order valence-corrected chi connectivity index (χ4v) is 2.14. The van der Waals surface area contributed by atoms with Gasteiger partial charge in [-0.25, -0.2) is 0 Å². The van der Waals surface area contributed by atoms with Crippen molar-refractivity contribution < 1.29 is 0 Å². The van der Waals surface area contributed by atoms with E-state index in [0.29, 0.717) is 0 Å². The normalized spacial score (nSPS) is 11.6. The van der Waals surface area contributed by atoms with E-state index in [1.165, 1.54) is 5.56 Å². The standard InChI is InChI=1S/C17H18N2/c1-19(16-10-6-3-7-11-16)17(14-18)13-12-15-8-4-2-5-9-15/h2-11,17H,12-13H2,1H3. The molecule has 0 heterocycles. The zero-order valence-electron chi connectivity index (χ0n) is 11.2. The van der Waals surface area contributed by atoms with E-state index in [9.17, 15) is 5.26 Å². The van der Waals surface area contributed by atoms with Crippen molar-refractivity contribution in [1.29, 1.82) is 5.26 Å². The van der Waals surface area contributed by atoms with Crippen molar-refractivity contribution in [2.45, 2.75) is 18.9 Å². The van der Waals surface area contributed by atoms with Gasteiger partial charge in [0.1, 0.15) is 6.04 Å². The molecule has 2 nitrogen and oxygen atoms in total. The van der Waals surface area contributed by atoms with Crippen molar-refractivity contribution in [2.24, 2.45) is 0 Å². The van der Waals surface area contributed by atoms with Gasteiger partial charge in [0.15, 0.2) is 0 Å². The predicted octanol–water partition coefficient (Wildman–Crippen LogP) is 3.65. The van der Waals surface area contributed by atoms with Crippen LogP contribution in [0.3, 0.4) is 0 Å².